The van der Waals surface area contributed by atoms with E-state index in [2.05, 4.69) is 5.32 Å². The lowest BCUT2D eigenvalue weighted by Gasteiger charge is -2.32. The summed E-state index contributed by atoms with van der Waals surface area (Å²) in [5.74, 6) is -1.24. The fourth-order valence-electron chi connectivity index (χ4n) is 3.32. The Labute approximate surface area is 216 Å². The standard InChI is InChI=1S/C24H29Cl2N3O5S/c1-15(2)27-24(32)16(3)28(13-18-9-10-21(25)22(26)11-18)23(31)14-29(35(5,33)34)20-8-6-7-19(12-20)17(4)30/h6-12,15-16H,13-14H2,1-5H3,(H,27,32)/t16-/m0/s1. The highest BCUT2D eigenvalue weighted by Crippen LogP contribution is 2.25. The van der Waals surface area contributed by atoms with Crippen LogP contribution in [-0.2, 0) is 26.2 Å². The number of carbonyl (C=O) groups is 3. The molecule has 0 heterocycles. The second kappa shape index (κ2) is 11.9. The summed E-state index contributed by atoms with van der Waals surface area (Å²) < 4.78 is 26.2. The first kappa shape index (κ1) is 28.6. The summed E-state index contributed by atoms with van der Waals surface area (Å²) in [4.78, 5) is 39.3. The van der Waals surface area contributed by atoms with E-state index in [0.29, 0.717) is 16.1 Å². The molecule has 8 nitrogen and oxygen atoms in total. The normalized spacial score (nSPS) is 12.2. The molecule has 2 amide bonds. The fraction of sp³-hybridized carbons (Fsp3) is 0.375. The van der Waals surface area contributed by atoms with Crippen LogP contribution in [-0.4, -0.2) is 55.8 Å². The van der Waals surface area contributed by atoms with E-state index in [1.807, 2.05) is 0 Å². The van der Waals surface area contributed by atoms with Gasteiger partial charge in [0.1, 0.15) is 12.6 Å². The largest absolute Gasteiger partial charge is 0.352 e. The monoisotopic (exact) mass is 541 g/mol. The molecule has 2 aromatic carbocycles. The number of halogens is 2. The molecule has 0 spiro atoms. The number of anilines is 1. The molecule has 0 aliphatic rings. The summed E-state index contributed by atoms with van der Waals surface area (Å²) in [7, 11) is -3.90. The predicted octanol–water partition coefficient (Wildman–Crippen LogP) is 3.90. The lowest BCUT2D eigenvalue weighted by Crippen LogP contribution is -2.52. The van der Waals surface area contributed by atoms with Crippen molar-refractivity contribution in [1.29, 1.82) is 0 Å². The molecule has 1 N–H and O–H groups in total. The van der Waals surface area contributed by atoms with Crippen LogP contribution in [0, 0.1) is 0 Å². The second-order valence-corrected chi connectivity index (χ2v) is 11.2. The summed E-state index contributed by atoms with van der Waals surface area (Å²) in [5.41, 5.74) is 1.09. The van der Waals surface area contributed by atoms with Gasteiger partial charge in [-0.3, -0.25) is 18.7 Å². The molecule has 0 aliphatic heterocycles. The van der Waals surface area contributed by atoms with Gasteiger partial charge in [0.2, 0.25) is 21.8 Å². The first-order valence-corrected chi connectivity index (χ1v) is 13.4. The molecule has 11 heteroatoms. The van der Waals surface area contributed by atoms with Crippen LogP contribution in [0.5, 0.6) is 0 Å². The number of sulfonamides is 1. The van der Waals surface area contributed by atoms with E-state index in [1.165, 1.54) is 24.0 Å². The number of nitrogens with zero attached hydrogens (tertiary/aromatic N) is 2. The minimum absolute atomic E-state index is 0.00646. The second-order valence-electron chi connectivity index (χ2n) is 8.49. The topological polar surface area (TPSA) is 104 Å². The maximum atomic E-state index is 13.5. The first-order chi connectivity index (χ1) is 16.2. The number of nitrogens with one attached hydrogen (secondary N) is 1. The number of amides is 2. The Morgan fingerprint density at radius 3 is 2.20 bits per heavy atom. The number of benzene rings is 2. The van der Waals surface area contributed by atoms with Gasteiger partial charge < -0.3 is 10.2 Å². The highest BCUT2D eigenvalue weighted by molar-refractivity contribution is 7.92. The molecule has 0 bridgehead atoms. The van der Waals surface area contributed by atoms with Crippen LogP contribution in [0.3, 0.4) is 0 Å². The zero-order chi connectivity index (χ0) is 26.5. The predicted molar refractivity (Wildman–Crippen MR) is 138 cm³/mol. The average Bonchev–Trinajstić information content (AvgIpc) is 2.76. The van der Waals surface area contributed by atoms with Gasteiger partial charge >= 0.3 is 0 Å². The van der Waals surface area contributed by atoms with Crippen molar-refractivity contribution in [3.63, 3.8) is 0 Å². The third kappa shape index (κ3) is 7.95. The van der Waals surface area contributed by atoms with Crippen molar-refractivity contribution in [2.45, 2.75) is 46.3 Å². The average molecular weight is 542 g/mol. The maximum absolute atomic E-state index is 13.5. The highest BCUT2D eigenvalue weighted by Gasteiger charge is 2.30. The van der Waals surface area contributed by atoms with E-state index < -0.39 is 34.4 Å². The van der Waals surface area contributed by atoms with Gasteiger partial charge in [-0.25, -0.2) is 8.42 Å². The minimum atomic E-state index is -3.90. The van der Waals surface area contributed by atoms with Gasteiger partial charge in [-0.2, -0.15) is 0 Å². The summed E-state index contributed by atoms with van der Waals surface area (Å²) in [6.45, 7) is 5.94. The molecule has 0 aromatic heterocycles. The molecule has 0 fully saturated rings. The SMILES string of the molecule is CC(=O)c1cccc(N(CC(=O)N(Cc2ccc(Cl)c(Cl)c2)[C@@H](C)C(=O)NC(C)C)S(C)(=O)=O)c1. The van der Waals surface area contributed by atoms with Crippen LogP contribution < -0.4 is 9.62 Å². The van der Waals surface area contributed by atoms with Crippen molar-refractivity contribution in [3.8, 4) is 0 Å². The summed E-state index contributed by atoms with van der Waals surface area (Å²) in [6.07, 6.45) is 0.971. The van der Waals surface area contributed by atoms with Crippen LogP contribution in [0.1, 0.15) is 43.6 Å². The molecule has 0 aliphatic carbocycles. The third-order valence-electron chi connectivity index (χ3n) is 5.16. The quantitative estimate of drug-likeness (QED) is 0.459. The Bertz CT molecular complexity index is 1220. The number of ketones is 1. The molecule has 35 heavy (non-hydrogen) atoms. The van der Waals surface area contributed by atoms with Gasteiger partial charge in [0.25, 0.3) is 0 Å². The molecule has 2 aromatic rings. The van der Waals surface area contributed by atoms with Crippen molar-refractivity contribution in [3.05, 3.63) is 63.6 Å². The number of hydrogen-bond acceptors (Lipinski definition) is 5. The summed E-state index contributed by atoms with van der Waals surface area (Å²) in [5, 5.41) is 3.40. The van der Waals surface area contributed by atoms with Gasteiger partial charge in [-0.15, -0.1) is 0 Å². The zero-order valence-electron chi connectivity index (χ0n) is 20.2. The maximum Gasteiger partial charge on any atom is 0.244 e. The Kier molecular flexibility index (Phi) is 9.71. The molecule has 0 saturated heterocycles. The molecule has 0 saturated carbocycles. The van der Waals surface area contributed by atoms with Gasteiger partial charge in [0, 0.05) is 18.2 Å². The van der Waals surface area contributed by atoms with Crippen molar-refractivity contribution < 1.29 is 22.8 Å². The van der Waals surface area contributed by atoms with E-state index >= 15 is 0 Å². The summed E-state index contributed by atoms with van der Waals surface area (Å²) in [6, 6.07) is 9.78. The van der Waals surface area contributed by atoms with Crippen molar-refractivity contribution in [2.75, 3.05) is 17.1 Å². The van der Waals surface area contributed by atoms with Crippen molar-refractivity contribution in [2.24, 2.45) is 0 Å². The van der Waals surface area contributed by atoms with Gasteiger partial charge in [0.05, 0.1) is 22.0 Å². The third-order valence-corrected chi connectivity index (χ3v) is 7.03. The molecular formula is C24H29Cl2N3O5S. The number of Topliss-reactive ketones (excluding diaryl/α,β-unsaturated/α-hetero) is 1. The van der Waals surface area contributed by atoms with Crippen molar-refractivity contribution >= 4 is 56.5 Å². The Balaban J connectivity index is 2.45. The molecular weight excluding hydrogens is 513 g/mol. The van der Waals surface area contributed by atoms with Crippen LogP contribution in [0.15, 0.2) is 42.5 Å². The fourth-order valence-corrected chi connectivity index (χ4v) is 4.48. The first-order valence-electron chi connectivity index (χ1n) is 10.8. The number of hydrogen-bond donors (Lipinski definition) is 1. The highest BCUT2D eigenvalue weighted by atomic mass is 35.5. The lowest BCUT2D eigenvalue weighted by atomic mass is 10.1. The lowest BCUT2D eigenvalue weighted by molar-refractivity contribution is -0.139. The molecule has 0 unspecified atom stereocenters. The Morgan fingerprint density at radius 2 is 1.66 bits per heavy atom. The van der Waals surface area contributed by atoms with E-state index in [0.717, 1.165) is 10.6 Å². The zero-order valence-corrected chi connectivity index (χ0v) is 22.5. The molecule has 0 radical (unpaired) electrons. The van der Waals surface area contributed by atoms with E-state index in [9.17, 15) is 22.8 Å². The van der Waals surface area contributed by atoms with Gasteiger partial charge in [-0.1, -0.05) is 41.4 Å². The van der Waals surface area contributed by atoms with Crippen LogP contribution >= 0.6 is 23.2 Å². The van der Waals surface area contributed by atoms with E-state index in [1.54, 1.807) is 51.1 Å². The van der Waals surface area contributed by atoms with Crippen molar-refractivity contribution in [1.82, 2.24) is 10.2 Å². The number of carbonyl (C=O) groups excluding carboxylic acids is 3. The van der Waals surface area contributed by atoms with E-state index in [-0.39, 0.29) is 29.1 Å². The number of rotatable bonds is 10. The van der Waals surface area contributed by atoms with Gasteiger partial charge in [0.15, 0.2) is 5.78 Å². The van der Waals surface area contributed by atoms with Crippen LogP contribution in [0.25, 0.3) is 0 Å². The van der Waals surface area contributed by atoms with E-state index in [4.69, 9.17) is 23.2 Å². The van der Waals surface area contributed by atoms with Crippen LogP contribution in [0.2, 0.25) is 10.0 Å². The molecule has 190 valence electrons. The Morgan fingerprint density at radius 1 is 1.00 bits per heavy atom. The Hall–Kier alpha value is -2.62. The molecule has 2 rings (SSSR count). The van der Waals surface area contributed by atoms with Crippen LogP contribution in [0.4, 0.5) is 5.69 Å². The minimum Gasteiger partial charge on any atom is -0.352 e. The van der Waals surface area contributed by atoms with Gasteiger partial charge in [-0.05, 0) is 57.5 Å². The molecule has 1 atom stereocenters. The smallest absolute Gasteiger partial charge is 0.244 e. The summed E-state index contributed by atoms with van der Waals surface area (Å²) >= 11 is 12.1.